The van der Waals surface area contributed by atoms with Crippen LogP contribution in [0.15, 0.2) is 0 Å². The summed E-state index contributed by atoms with van der Waals surface area (Å²) in [5, 5.41) is 11.8. The molecule has 2 unspecified atom stereocenters. The predicted molar refractivity (Wildman–Crippen MR) is 64.2 cm³/mol. The molecule has 6 nitrogen and oxygen atoms in total. The van der Waals surface area contributed by atoms with Gasteiger partial charge in [-0.3, -0.25) is 14.5 Å². The topological polar surface area (TPSA) is 78.9 Å². The second-order valence-electron chi connectivity index (χ2n) is 5.02. The fourth-order valence-corrected chi connectivity index (χ4v) is 2.26. The van der Waals surface area contributed by atoms with Crippen molar-refractivity contribution in [1.82, 2.24) is 10.2 Å². The van der Waals surface area contributed by atoms with E-state index in [4.69, 9.17) is 9.84 Å². The Labute approximate surface area is 106 Å². The molecule has 0 radical (unpaired) electrons. The highest BCUT2D eigenvalue weighted by Gasteiger charge is 2.34. The number of rotatable bonds is 5. The molecule has 102 valence electrons. The van der Waals surface area contributed by atoms with Gasteiger partial charge in [0.25, 0.3) is 0 Å². The highest BCUT2D eigenvalue weighted by atomic mass is 16.5. The molecule has 0 aromatic heterocycles. The van der Waals surface area contributed by atoms with Crippen LogP contribution in [-0.2, 0) is 14.3 Å². The first-order chi connectivity index (χ1) is 8.58. The highest BCUT2D eigenvalue weighted by molar-refractivity contribution is 5.82. The first kappa shape index (κ1) is 13.3. The van der Waals surface area contributed by atoms with Crippen LogP contribution in [0.4, 0.5) is 0 Å². The van der Waals surface area contributed by atoms with Crippen LogP contribution in [0, 0.1) is 0 Å². The molecule has 0 aromatic carbocycles. The van der Waals surface area contributed by atoms with Gasteiger partial charge in [0, 0.05) is 18.6 Å². The number of hydrogen-bond acceptors (Lipinski definition) is 4. The number of carbonyl (C=O) groups excluding carboxylic acids is 1. The van der Waals surface area contributed by atoms with Crippen LogP contribution in [-0.4, -0.2) is 59.8 Å². The Hall–Kier alpha value is -1.14. The lowest BCUT2D eigenvalue weighted by molar-refractivity contribution is -0.143. The Morgan fingerprint density at radius 1 is 1.50 bits per heavy atom. The van der Waals surface area contributed by atoms with E-state index in [0.717, 1.165) is 12.8 Å². The van der Waals surface area contributed by atoms with Crippen LogP contribution in [0.2, 0.25) is 0 Å². The maximum Gasteiger partial charge on any atom is 0.305 e. The van der Waals surface area contributed by atoms with Crippen molar-refractivity contribution in [3.05, 3.63) is 0 Å². The Kier molecular flexibility index (Phi) is 4.19. The fourth-order valence-electron chi connectivity index (χ4n) is 2.26. The van der Waals surface area contributed by atoms with E-state index in [2.05, 4.69) is 5.32 Å². The molecular formula is C12H20N2O4. The third kappa shape index (κ3) is 3.43. The van der Waals surface area contributed by atoms with E-state index in [-0.39, 0.29) is 24.4 Å². The molecule has 0 aromatic rings. The molecule has 0 bridgehead atoms. The Morgan fingerprint density at radius 2 is 2.22 bits per heavy atom. The van der Waals surface area contributed by atoms with Crippen molar-refractivity contribution in [1.29, 1.82) is 0 Å². The number of amides is 1. The van der Waals surface area contributed by atoms with E-state index < -0.39 is 5.97 Å². The van der Waals surface area contributed by atoms with Gasteiger partial charge >= 0.3 is 5.97 Å². The van der Waals surface area contributed by atoms with Crippen molar-refractivity contribution in [2.45, 2.75) is 44.3 Å². The number of nitrogens with one attached hydrogen (secondary N) is 1. The third-order valence-corrected chi connectivity index (χ3v) is 3.48. The zero-order chi connectivity index (χ0) is 13.1. The molecule has 0 spiro atoms. The Morgan fingerprint density at radius 3 is 2.83 bits per heavy atom. The summed E-state index contributed by atoms with van der Waals surface area (Å²) in [7, 11) is 0. The molecule has 1 saturated heterocycles. The third-order valence-electron chi connectivity index (χ3n) is 3.48. The number of hydrogen-bond donors (Lipinski definition) is 2. The first-order valence-corrected chi connectivity index (χ1v) is 6.43. The minimum absolute atomic E-state index is 0.00483. The van der Waals surface area contributed by atoms with E-state index in [0.29, 0.717) is 25.8 Å². The maximum atomic E-state index is 12.0. The summed E-state index contributed by atoms with van der Waals surface area (Å²) in [4.78, 5) is 24.7. The number of carboxylic acid groups (broad SMARTS) is 1. The van der Waals surface area contributed by atoms with Crippen LogP contribution in [0.1, 0.15) is 26.2 Å². The average molecular weight is 256 g/mol. The molecule has 2 rings (SSSR count). The van der Waals surface area contributed by atoms with Crippen LogP contribution in [0.5, 0.6) is 0 Å². The van der Waals surface area contributed by atoms with Gasteiger partial charge in [-0.2, -0.15) is 0 Å². The second kappa shape index (κ2) is 5.67. The largest absolute Gasteiger partial charge is 0.481 e. The van der Waals surface area contributed by atoms with Crippen LogP contribution < -0.4 is 5.32 Å². The maximum absolute atomic E-state index is 12.0. The van der Waals surface area contributed by atoms with Crippen LogP contribution >= 0.6 is 0 Å². The monoisotopic (exact) mass is 256 g/mol. The van der Waals surface area contributed by atoms with E-state index in [1.165, 1.54) is 0 Å². The molecule has 1 aliphatic carbocycles. The van der Waals surface area contributed by atoms with E-state index in [9.17, 15) is 9.59 Å². The molecule has 1 saturated carbocycles. The van der Waals surface area contributed by atoms with E-state index >= 15 is 0 Å². The van der Waals surface area contributed by atoms with Crippen molar-refractivity contribution in [3.63, 3.8) is 0 Å². The summed E-state index contributed by atoms with van der Waals surface area (Å²) in [6, 6.07) is -0.172. The lowest BCUT2D eigenvalue weighted by Crippen LogP contribution is -2.55. The first-order valence-electron chi connectivity index (χ1n) is 6.43. The Bertz CT molecular complexity index is 330. The minimum atomic E-state index is -0.856. The summed E-state index contributed by atoms with van der Waals surface area (Å²) in [6.07, 6.45) is 2.13. The van der Waals surface area contributed by atoms with Crippen molar-refractivity contribution >= 4 is 11.9 Å². The normalized spacial score (nSPS) is 26.6. The molecular weight excluding hydrogens is 236 g/mol. The molecule has 6 heteroatoms. The second-order valence-corrected chi connectivity index (χ2v) is 5.02. The molecule has 2 aliphatic rings. The standard InChI is InChI=1S/C12H20N2O4/c1-8(12(17)13-9-2-3-9)14-4-5-18-7-10(14)6-11(15)16/h8-10H,2-7H2,1H3,(H,13,17)(H,15,16). The van der Waals surface area contributed by atoms with Gasteiger partial charge in [0.05, 0.1) is 25.7 Å². The number of aliphatic carboxylic acids is 1. The lowest BCUT2D eigenvalue weighted by atomic mass is 10.1. The van der Waals surface area contributed by atoms with Gasteiger partial charge in [-0.1, -0.05) is 0 Å². The van der Waals surface area contributed by atoms with Gasteiger partial charge < -0.3 is 15.2 Å². The smallest absolute Gasteiger partial charge is 0.305 e. The number of nitrogens with zero attached hydrogens (tertiary/aromatic N) is 1. The van der Waals surface area contributed by atoms with Gasteiger partial charge in [-0.15, -0.1) is 0 Å². The van der Waals surface area contributed by atoms with Crippen LogP contribution in [0.3, 0.4) is 0 Å². The molecule has 1 heterocycles. The lowest BCUT2D eigenvalue weighted by Gasteiger charge is -2.38. The number of ether oxygens (including phenoxy) is 1. The summed E-state index contributed by atoms with van der Waals surface area (Å²) in [6.45, 7) is 3.37. The quantitative estimate of drug-likeness (QED) is 0.714. The highest BCUT2D eigenvalue weighted by Crippen LogP contribution is 2.20. The molecule has 2 atom stereocenters. The molecule has 2 N–H and O–H groups in total. The predicted octanol–water partition coefficient (Wildman–Crippen LogP) is -0.171. The molecule has 1 amide bonds. The summed E-state index contributed by atoms with van der Waals surface area (Å²) >= 11 is 0. The minimum Gasteiger partial charge on any atom is -0.481 e. The van der Waals surface area contributed by atoms with Gasteiger partial charge in [0.15, 0.2) is 0 Å². The summed E-state index contributed by atoms with van der Waals surface area (Å²) in [5.41, 5.74) is 0. The van der Waals surface area contributed by atoms with Crippen LogP contribution in [0.25, 0.3) is 0 Å². The number of carboxylic acids is 1. The van der Waals surface area contributed by atoms with Crippen molar-refractivity contribution in [3.8, 4) is 0 Å². The summed E-state index contributed by atoms with van der Waals surface area (Å²) in [5.74, 6) is -0.861. The number of morpholine rings is 1. The zero-order valence-electron chi connectivity index (χ0n) is 10.6. The molecule has 2 fully saturated rings. The van der Waals surface area contributed by atoms with Crippen molar-refractivity contribution < 1.29 is 19.4 Å². The van der Waals surface area contributed by atoms with Gasteiger partial charge in [-0.25, -0.2) is 0 Å². The number of carbonyl (C=O) groups is 2. The molecule has 1 aliphatic heterocycles. The van der Waals surface area contributed by atoms with Crippen molar-refractivity contribution in [2.75, 3.05) is 19.8 Å². The van der Waals surface area contributed by atoms with Gasteiger partial charge in [0.1, 0.15) is 0 Å². The van der Waals surface area contributed by atoms with E-state index in [1.54, 1.807) is 0 Å². The van der Waals surface area contributed by atoms with Gasteiger partial charge in [-0.05, 0) is 19.8 Å². The zero-order valence-corrected chi connectivity index (χ0v) is 10.6. The van der Waals surface area contributed by atoms with Gasteiger partial charge in [0.2, 0.25) is 5.91 Å². The van der Waals surface area contributed by atoms with E-state index in [1.807, 2.05) is 11.8 Å². The SMILES string of the molecule is CC(C(=O)NC1CC1)N1CCOCC1CC(=O)O. The Balaban J connectivity index is 1.93. The summed E-state index contributed by atoms with van der Waals surface area (Å²) < 4.78 is 5.30. The fraction of sp³-hybridized carbons (Fsp3) is 0.833. The average Bonchev–Trinajstić information content (AvgIpc) is 3.12. The molecule has 18 heavy (non-hydrogen) atoms. The van der Waals surface area contributed by atoms with Crippen molar-refractivity contribution in [2.24, 2.45) is 0 Å².